The number of rotatable bonds is 8. The average molecular weight is 548 g/mol. The lowest BCUT2D eigenvalue weighted by Gasteiger charge is -2.19. The molecule has 4 aromatic heterocycles. The van der Waals surface area contributed by atoms with Crippen LogP contribution < -0.4 is 16.6 Å². The molecule has 0 aliphatic heterocycles. The van der Waals surface area contributed by atoms with Gasteiger partial charge in [-0.3, -0.25) is 14.3 Å². The third-order valence-electron chi connectivity index (χ3n) is 7.33. The van der Waals surface area contributed by atoms with E-state index in [0.717, 1.165) is 48.9 Å². The van der Waals surface area contributed by atoms with Crippen molar-refractivity contribution in [3.8, 4) is 11.3 Å². The fourth-order valence-corrected chi connectivity index (χ4v) is 5.43. The van der Waals surface area contributed by atoms with Crippen LogP contribution in [0.1, 0.15) is 61.6 Å². The Balaban J connectivity index is 1.41. The number of sulfone groups is 1. The van der Waals surface area contributed by atoms with Crippen molar-refractivity contribution in [2.24, 2.45) is 5.92 Å². The Bertz CT molecular complexity index is 1760. The highest BCUT2D eigenvalue weighted by Gasteiger charge is 2.33. The molecule has 2 aliphatic rings. The first kappa shape index (κ1) is 25.3. The lowest BCUT2D eigenvalue weighted by atomic mass is 10.1. The van der Waals surface area contributed by atoms with Crippen molar-refractivity contribution in [1.82, 2.24) is 34.5 Å². The van der Waals surface area contributed by atoms with Crippen LogP contribution in [0.3, 0.4) is 0 Å². The van der Waals surface area contributed by atoms with Gasteiger partial charge in [0.25, 0.3) is 5.56 Å². The van der Waals surface area contributed by atoms with Crippen molar-refractivity contribution in [3.63, 3.8) is 0 Å². The molecule has 0 spiro atoms. The summed E-state index contributed by atoms with van der Waals surface area (Å²) < 4.78 is 25.1. The molecule has 2 fully saturated rings. The maximum absolute atomic E-state index is 13.7. The molecule has 0 radical (unpaired) electrons. The van der Waals surface area contributed by atoms with Crippen LogP contribution in [0.2, 0.25) is 0 Å². The van der Waals surface area contributed by atoms with E-state index in [1.54, 1.807) is 16.8 Å². The van der Waals surface area contributed by atoms with Crippen LogP contribution in [-0.4, -0.2) is 49.1 Å². The summed E-state index contributed by atoms with van der Waals surface area (Å²) in [7, 11) is -3.35. The second-order valence-electron chi connectivity index (χ2n) is 10.4. The van der Waals surface area contributed by atoms with E-state index in [1.165, 1.54) is 12.3 Å². The van der Waals surface area contributed by atoms with Gasteiger partial charge >= 0.3 is 0 Å². The van der Waals surface area contributed by atoms with Gasteiger partial charge in [-0.15, -0.1) is 0 Å². The summed E-state index contributed by atoms with van der Waals surface area (Å²) in [5, 5.41) is 3.07. The minimum Gasteiger partial charge on any atom is -0.368 e. The van der Waals surface area contributed by atoms with Crippen LogP contribution in [-0.2, 0) is 16.4 Å². The molecule has 6 rings (SSSR count). The number of fused-ring (bicyclic) bond motifs is 1. The topological polar surface area (TPSA) is 172 Å². The van der Waals surface area contributed by atoms with Gasteiger partial charge in [-0.2, -0.15) is 0 Å². The van der Waals surface area contributed by atoms with E-state index in [2.05, 4.69) is 30.2 Å². The normalized spacial score (nSPS) is 16.4. The number of anilines is 2. The van der Waals surface area contributed by atoms with Crippen LogP contribution in [0.4, 0.5) is 11.8 Å². The number of aryl methyl sites for hydroxylation is 1. The van der Waals surface area contributed by atoms with Gasteiger partial charge in [0, 0.05) is 30.0 Å². The Morgan fingerprint density at radius 1 is 1.08 bits per heavy atom. The molecule has 0 aromatic carbocycles. The predicted molar refractivity (Wildman–Crippen MR) is 146 cm³/mol. The maximum atomic E-state index is 13.7. The van der Waals surface area contributed by atoms with Crippen molar-refractivity contribution >= 4 is 32.9 Å². The maximum Gasteiger partial charge on any atom is 0.295 e. The number of nitrogens with one attached hydrogen (secondary N) is 1. The summed E-state index contributed by atoms with van der Waals surface area (Å²) in [6, 6.07) is 3.01. The van der Waals surface area contributed by atoms with E-state index in [0.29, 0.717) is 34.5 Å². The van der Waals surface area contributed by atoms with E-state index in [9.17, 15) is 13.2 Å². The van der Waals surface area contributed by atoms with Gasteiger partial charge in [0.1, 0.15) is 0 Å². The zero-order chi connectivity index (χ0) is 27.5. The van der Waals surface area contributed by atoms with Crippen molar-refractivity contribution < 1.29 is 8.42 Å². The highest BCUT2D eigenvalue weighted by Crippen LogP contribution is 2.44. The van der Waals surface area contributed by atoms with Crippen LogP contribution in [0, 0.1) is 12.8 Å². The lowest BCUT2D eigenvalue weighted by molar-refractivity contribution is 0.482. The summed E-state index contributed by atoms with van der Waals surface area (Å²) in [6.45, 7) is 4.09. The number of nitrogens with zero attached hydrogens (tertiary/aromatic N) is 7. The molecule has 12 nitrogen and oxygen atoms in total. The third kappa shape index (κ3) is 4.93. The molecule has 39 heavy (non-hydrogen) atoms. The fraction of sp³-hybridized carbons (Fsp3) is 0.423. The van der Waals surface area contributed by atoms with Crippen LogP contribution in [0.15, 0.2) is 34.2 Å². The minimum absolute atomic E-state index is 0.0908. The standard InChI is InChI=1S/C26H29N9O3S/c1-13-20(21(16-6-7-16)33-26(27)31-13)19-12-30-22-24(32-19)35(14(2)15-4-5-15)25(36)23(34-22)29-10-17-8-9-18(11-28-17)39(3,37)38/h8-9,11-12,14-16H,4-7,10H2,1-3H3,(H2,27,31,33)(H,29,30,34)/t14-/m0/s1. The second-order valence-corrected chi connectivity index (χ2v) is 12.4. The molecular formula is C26H29N9O3S. The number of nitrogen functional groups attached to an aromatic ring is 1. The average Bonchev–Trinajstić information content (AvgIpc) is 3.80. The van der Waals surface area contributed by atoms with Gasteiger partial charge in [-0.25, -0.2) is 33.3 Å². The van der Waals surface area contributed by atoms with Gasteiger partial charge in [-0.05, 0) is 57.6 Å². The Hall–Kier alpha value is -4.00. The molecular weight excluding hydrogens is 518 g/mol. The van der Waals surface area contributed by atoms with E-state index >= 15 is 0 Å². The summed E-state index contributed by atoms with van der Waals surface area (Å²) in [4.78, 5) is 41.0. The van der Waals surface area contributed by atoms with Crippen LogP contribution >= 0.6 is 0 Å². The molecule has 13 heteroatoms. The Morgan fingerprint density at radius 2 is 1.85 bits per heavy atom. The number of aromatic nitrogens is 7. The van der Waals surface area contributed by atoms with Gasteiger partial charge < -0.3 is 11.1 Å². The molecule has 0 saturated heterocycles. The molecule has 2 saturated carbocycles. The van der Waals surface area contributed by atoms with Crippen molar-refractivity contribution in [2.75, 3.05) is 17.3 Å². The number of nitrogens with two attached hydrogens (primary N) is 1. The fourth-order valence-electron chi connectivity index (χ4n) is 4.88. The summed E-state index contributed by atoms with van der Waals surface area (Å²) in [5.74, 6) is 1.07. The summed E-state index contributed by atoms with van der Waals surface area (Å²) >= 11 is 0. The first-order valence-electron chi connectivity index (χ1n) is 12.9. The second kappa shape index (κ2) is 9.33. The van der Waals surface area contributed by atoms with Crippen molar-refractivity contribution in [3.05, 3.63) is 52.0 Å². The number of hydrogen-bond acceptors (Lipinski definition) is 11. The summed E-state index contributed by atoms with van der Waals surface area (Å²) in [6.07, 6.45) is 8.24. The summed E-state index contributed by atoms with van der Waals surface area (Å²) in [5.41, 5.74) is 9.98. The van der Waals surface area contributed by atoms with E-state index in [-0.39, 0.29) is 34.8 Å². The van der Waals surface area contributed by atoms with E-state index in [4.69, 9.17) is 10.7 Å². The monoisotopic (exact) mass is 547 g/mol. The molecule has 4 heterocycles. The quantitative estimate of drug-likeness (QED) is 0.332. The number of hydrogen-bond donors (Lipinski definition) is 2. The van der Waals surface area contributed by atoms with Crippen LogP contribution in [0.5, 0.6) is 0 Å². The van der Waals surface area contributed by atoms with Crippen LogP contribution in [0.25, 0.3) is 22.6 Å². The van der Waals surface area contributed by atoms with E-state index < -0.39 is 9.84 Å². The minimum atomic E-state index is -3.35. The first-order valence-corrected chi connectivity index (χ1v) is 14.8. The highest BCUT2D eigenvalue weighted by molar-refractivity contribution is 7.90. The third-order valence-corrected chi connectivity index (χ3v) is 8.43. The molecule has 3 N–H and O–H groups in total. The Labute approximate surface area is 225 Å². The molecule has 1 atom stereocenters. The number of pyridine rings is 1. The molecule has 0 unspecified atom stereocenters. The van der Waals surface area contributed by atoms with Crippen molar-refractivity contribution in [1.29, 1.82) is 0 Å². The molecule has 2 aliphatic carbocycles. The molecule has 0 bridgehead atoms. The molecule has 0 amide bonds. The Kier molecular flexibility index (Phi) is 6.05. The lowest BCUT2D eigenvalue weighted by Crippen LogP contribution is -2.29. The first-order chi connectivity index (χ1) is 18.6. The predicted octanol–water partition coefficient (Wildman–Crippen LogP) is 2.79. The SMILES string of the molecule is Cc1nc(N)nc(C2CC2)c1-c1cnc2nc(NCc3ccc(S(C)(=O)=O)cn3)c(=O)n([C@@H](C)C3CC3)c2n1. The van der Waals surface area contributed by atoms with Gasteiger partial charge in [0.05, 0.1) is 40.4 Å². The van der Waals surface area contributed by atoms with Gasteiger partial charge in [0.15, 0.2) is 26.9 Å². The van der Waals surface area contributed by atoms with E-state index in [1.807, 2.05) is 13.8 Å². The highest BCUT2D eigenvalue weighted by atomic mass is 32.2. The zero-order valence-electron chi connectivity index (χ0n) is 21.9. The smallest absolute Gasteiger partial charge is 0.295 e. The largest absolute Gasteiger partial charge is 0.368 e. The molecule has 4 aromatic rings. The van der Waals surface area contributed by atoms with Crippen molar-refractivity contribution in [2.45, 2.75) is 62.9 Å². The molecule has 202 valence electrons. The Morgan fingerprint density at radius 3 is 2.49 bits per heavy atom. The van der Waals surface area contributed by atoms with Gasteiger partial charge in [-0.1, -0.05) is 0 Å². The zero-order valence-corrected chi connectivity index (χ0v) is 22.7. The van der Waals surface area contributed by atoms with Gasteiger partial charge in [0.2, 0.25) is 5.95 Å².